The van der Waals surface area contributed by atoms with Gasteiger partial charge in [-0.1, -0.05) is 24.3 Å². The molecule has 1 heterocycles. The standard InChI is InChI=1S/C23H29FN4O3.HI/c1-16(31-18-8-6-7-17(24)13-18)14-25-23(26-15-22(29)28(2)3)27-20-11-12-30-21-10-5-4-9-19(20)21;/h4-10,13,16,20H,11-12,14-15H2,1-3H3,(H2,25,26,27);1H. The van der Waals surface area contributed by atoms with Gasteiger partial charge < -0.3 is 25.0 Å². The molecule has 0 aliphatic carbocycles. The molecule has 32 heavy (non-hydrogen) atoms. The van der Waals surface area contributed by atoms with E-state index < -0.39 is 0 Å². The van der Waals surface area contributed by atoms with Gasteiger partial charge in [-0.3, -0.25) is 4.79 Å². The minimum absolute atomic E-state index is 0. The van der Waals surface area contributed by atoms with Crippen molar-refractivity contribution in [2.45, 2.75) is 25.5 Å². The van der Waals surface area contributed by atoms with E-state index in [4.69, 9.17) is 9.47 Å². The highest BCUT2D eigenvalue weighted by atomic mass is 127. The molecule has 0 radical (unpaired) electrons. The van der Waals surface area contributed by atoms with Gasteiger partial charge in [0.1, 0.15) is 30.0 Å². The van der Waals surface area contributed by atoms with Gasteiger partial charge in [-0.2, -0.15) is 0 Å². The van der Waals surface area contributed by atoms with Crippen LogP contribution in [0.15, 0.2) is 53.5 Å². The number of fused-ring (bicyclic) bond motifs is 1. The van der Waals surface area contributed by atoms with E-state index in [1.165, 1.54) is 17.0 Å². The molecule has 0 saturated heterocycles. The van der Waals surface area contributed by atoms with Crippen LogP contribution in [0.25, 0.3) is 0 Å². The summed E-state index contributed by atoms with van der Waals surface area (Å²) in [5.41, 5.74) is 1.05. The average Bonchev–Trinajstić information content (AvgIpc) is 2.75. The van der Waals surface area contributed by atoms with Gasteiger partial charge in [-0.15, -0.1) is 24.0 Å². The van der Waals surface area contributed by atoms with Crippen LogP contribution < -0.4 is 20.1 Å². The lowest BCUT2D eigenvalue weighted by molar-refractivity contribution is -0.127. The maximum absolute atomic E-state index is 13.4. The number of hydrogen-bond donors (Lipinski definition) is 2. The van der Waals surface area contributed by atoms with Crippen LogP contribution in [-0.4, -0.2) is 56.7 Å². The van der Waals surface area contributed by atoms with Gasteiger partial charge in [-0.05, 0) is 25.1 Å². The molecule has 0 saturated carbocycles. The molecule has 2 unspecified atom stereocenters. The van der Waals surface area contributed by atoms with E-state index in [9.17, 15) is 9.18 Å². The zero-order valence-electron chi connectivity index (χ0n) is 18.5. The largest absolute Gasteiger partial charge is 0.493 e. The molecule has 0 aromatic heterocycles. The summed E-state index contributed by atoms with van der Waals surface area (Å²) in [6.07, 6.45) is 0.523. The van der Waals surface area contributed by atoms with Gasteiger partial charge in [0.05, 0.1) is 19.2 Å². The lowest BCUT2D eigenvalue weighted by Crippen LogP contribution is -2.44. The predicted octanol–water partition coefficient (Wildman–Crippen LogP) is 3.36. The number of hydrogen-bond acceptors (Lipinski definition) is 4. The Hall–Kier alpha value is -2.56. The Morgan fingerprint density at radius 3 is 2.81 bits per heavy atom. The zero-order valence-corrected chi connectivity index (χ0v) is 20.8. The number of guanidine groups is 1. The van der Waals surface area contributed by atoms with Crippen LogP contribution in [0.1, 0.15) is 24.9 Å². The van der Waals surface area contributed by atoms with Crippen LogP contribution in [-0.2, 0) is 4.79 Å². The summed E-state index contributed by atoms with van der Waals surface area (Å²) >= 11 is 0. The highest BCUT2D eigenvalue weighted by Gasteiger charge is 2.22. The third-order valence-electron chi connectivity index (χ3n) is 4.83. The van der Waals surface area contributed by atoms with Crippen molar-refractivity contribution in [1.29, 1.82) is 0 Å². The minimum atomic E-state index is -0.345. The second-order valence-electron chi connectivity index (χ2n) is 7.59. The van der Waals surface area contributed by atoms with E-state index in [-0.39, 0.29) is 54.4 Å². The molecule has 3 rings (SSSR count). The number of nitrogens with one attached hydrogen (secondary N) is 2. The molecule has 0 spiro atoms. The maximum Gasteiger partial charge on any atom is 0.243 e. The fourth-order valence-electron chi connectivity index (χ4n) is 3.15. The van der Waals surface area contributed by atoms with Gasteiger partial charge >= 0.3 is 0 Å². The lowest BCUT2D eigenvalue weighted by Gasteiger charge is -2.28. The van der Waals surface area contributed by atoms with Crippen molar-refractivity contribution < 1.29 is 18.7 Å². The number of rotatable bonds is 7. The Labute approximate surface area is 205 Å². The first-order valence-electron chi connectivity index (χ1n) is 10.3. The number of para-hydroxylation sites is 1. The molecule has 174 valence electrons. The Balaban J connectivity index is 0.00000363. The highest BCUT2D eigenvalue weighted by Crippen LogP contribution is 2.31. The number of benzene rings is 2. The van der Waals surface area contributed by atoms with Crippen LogP contribution in [0.4, 0.5) is 4.39 Å². The molecule has 2 aromatic rings. The Morgan fingerprint density at radius 2 is 2.06 bits per heavy atom. The van der Waals surface area contributed by atoms with Crippen molar-refractivity contribution in [3.8, 4) is 11.5 Å². The van der Waals surface area contributed by atoms with Crippen LogP contribution >= 0.6 is 24.0 Å². The predicted molar refractivity (Wildman–Crippen MR) is 133 cm³/mol. The smallest absolute Gasteiger partial charge is 0.243 e. The van der Waals surface area contributed by atoms with Gasteiger partial charge in [0.2, 0.25) is 5.91 Å². The van der Waals surface area contributed by atoms with E-state index in [2.05, 4.69) is 15.6 Å². The van der Waals surface area contributed by atoms with Crippen molar-refractivity contribution in [2.75, 3.05) is 33.8 Å². The number of carbonyl (C=O) groups excluding carboxylic acids is 1. The van der Waals surface area contributed by atoms with Crippen LogP contribution in [0.3, 0.4) is 0 Å². The third kappa shape index (κ3) is 7.54. The number of halogens is 2. The number of carbonyl (C=O) groups is 1. The highest BCUT2D eigenvalue weighted by molar-refractivity contribution is 14.0. The van der Waals surface area contributed by atoms with E-state index in [0.29, 0.717) is 24.9 Å². The molecule has 2 aromatic carbocycles. The summed E-state index contributed by atoms with van der Waals surface area (Å²) in [6.45, 7) is 2.91. The van der Waals surface area contributed by atoms with Crippen molar-refractivity contribution in [2.24, 2.45) is 4.99 Å². The van der Waals surface area contributed by atoms with Crippen LogP contribution in [0.2, 0.25) is 0 Å². The molecule has 0 bridgehead atoms. The molecule has 9 heteroatoms. The van der Waals surface area contributed by atoms with Gasteiger partial charge in [0, 0.05) is 32.1 Å². The summed E-state index contributed by atoms with van der Waals surface area (Å²) < 4.78 is 24.9. The molecule has 7 nitrogen and oxygen atoms in total. The number of ether oxygens (including phenoxy) is 2. The molecule has 1 aliphatic heterocycles. The summed E-state index contributed by atoms with van der Waals surface area (Å²) in [7, 11) is 3.39. The molecule has 0 fully saturated rings. The second-order valence-corrected chi connectivity index (χ2v) is 7.59. The Bertz CT molecular complexity index is 926. The quantitative estimate of drug-likeness (QED) is 0.311. The molecular formula is C23H30FIN4O3. The summed E-state index contributed by atoms with van der Waals surface area (Å²) in [5, 5.41) is 6.64. The summed E-state index contributed by atoms with van der Waals surface area (Å²) in [5.74, 6) is 1.37. The average molecular weight is 556 g/mol. The Kier molecular flexibility index (Phi) is 10.0. The second kappa shape index (κ2) is 12.5. The first-order chi connectivity index (χ1) is 14.9. The van der Waals surface area contributed by atoms with E-state index >= 15 is 0 Å². The number of amides is 1. The summed E-state index contributed by atoms with van der Waals surface area (Å²) in [6, 6.07) is 13.9. The number of aliphatic imine (C=N–C) groups is 1. The van der Waals surface area contributed by atoms with Crippen LogP contribution in [0, 0.1) is 5.82 Å². The van der Waals surface area contributed by atoms with Crippen LogP contribution in [0.5, 0.6) is 11.5 Å². The van der Waals surface area contributed by atoms with Crippen molar-refractivity contribution >= 4 is 35.8 Å². The van der Waals surface area contributed by atoms with Crippen molar-refractivity contribution in [3.05, 3.63) is 59.9 Å². The monoisotopic (exact) mass is 556 g/mol. The summed E-state index contributed by atoms with van der Waals surface area (Å²) in [4.78, 5) is 18.0. The van der Waals surface area contributed by atoms with Gasteiger partial charge in [0.15, 0.2) is 5.96 Å². The molecule has 1 aliphatic rings. The van der Waals surface area contributed by atoms with Crippen molar-refractivity contribution in [1.82, 2.24) is 15.5 Å². The van der Waals surface area contributed by atoms with Gasteiger partial charge in [-0.25, -0.2) is 9.38 Å². The molecule has 2 N–H and O–H groups in total. The van der Waals surface area contributed by atoms with E-state index in [0.717, 1.165) is 17.7 Å². The third-order valence-corrected chi connectivity index (χ3v) is 4.83. The normalized spacial score (nSPS) is 16.0. The maximum atomic E-state index is 13.4. The first-order valence-corrected chi connectivity index (χ1v) is 10.3. The fraction of sp³-hybridized carbons (Fsp3) is 0.391. The molecule has 1 amide bonds. The minimum Gasteiger partial charge on any atom is -0.493 e. The SMILES string of the molecule is CC(CNC(=NCC(=O)N(C)C)NC1CCOc2ccccc21)Oc1cccc(F)c1.I. The molecular weight excluding hydrogens is 526 g/mol. The number of likely N-dealkylation sites (N-methyl/N-ethyl adjacent to an activating group) is 1. The zero-order chi connectivity index (χ0) is 22.2. The lowest BCUT2D eigenvalue weighted by atomic mass is 10.0. The molecule has 2 atom stereocenters. The van der Waals surface area contributed by atoms with E-state index in [1.54, 1.807) is 26.2 Å². The topological polar surface area (TPSA) is 75.2 Å². The number of nitrogens with zero attached hydrogens (tertiary/aromatic N) is 2. The van der Waals surface area contributed by atoms with Gasteiger partial charge in [0.25, 0.3) is 0 Å². The first kappa shape index (κ1) is 25.7. The van der Waals surface area contributed by atoms with Crippen molar-refractivity contribution in [3.63, 3.8) is 0 Å². The fourth-order valence-corrected chi connectivity index (χ4v) is 3.15. The Morgan fingerprint density at radius 1 is 1.28 bits per heavy atom. The van der Waals surface area contributed by atoms with E-state index in [1.807, 2.05) is 31.2 Å².